The van der Waals surface area contributed by atoms with E-state index < -0.39 is 11.9 Å². The fraction of sp³-hybridized carbons (Fsp3) is 0.643. The summed E-state index contributed by atoms with van der Waals surface area (Å²) in [5.41, 5.74) is 1.16. The first-order valence-electron chi connectivity index (χ1n) is 6.87. The van der Waals surface area contributed by atoms with Crippen LogP contribution in [0.15, 0.2) is 6.07 Å². The van der Waals surface area contributed by atoms with Gasteiger partial charge in [-0.15, -0.1) is 0 Å². The van der Waals surface area contributed by atoms with Crippen molar-refractivity contribution in [1.29, 1.82) is 0 Å². The number of rotatable bonds is 2. The van der Waals surface area contributed by atoms with Crippen LogP contribution in [0.2, 0.25) is 0 Å². The Kier molecular flexibility index (Phi) is 3.83. The van der Waals surface area contributed by atoms with Crippen molar-refractivity contribution in [3.05, 3.63) is 17.5 Å². The number of aliphatic carboxylic acids is 1. The number of amides is 1. The molecule has 2 heterocycles. The highest BCUT2D eigenvalue weighted by atomic mass is 16.4. The van der Waals surface area contributed by atoms with Gasteiger partial charge in [-0.1, -0.05) is 20.8 Å². The first kappa shape index (κ1) is 14.6. The number of carboxylic acids is 1. The van der Waals surface area contributed by atoms with Crippen LogP contribution in [0, 0.1) is 5.92 Å². The lowest BCUT2D eigenvalue weighted by Crippen LogP contribution is -2.42. The summed E-state index contributed by atoms with van der Waals surface area (Å²) in [4.78, 5) is 25.0. The second-order valence-corrected chi connectivity index (χ2v) is 6.35. The highest BCUT2D eigenvalue weighted by Gasteiger charge is 2.30. The molecule has 0 bridgehead atoms. The van der Waals surface area contributed by atoms with E-state index in [-0.39, 0.29) is 17.9 Å². The van der Waals surface area contributed by atoms with Crippen molar-refractivity contribution in [3.63, 3.8) is 0 Å². The van der Waals surface area contributed by atoms with Gasteiger partial charge in [-0.05, 0) is 18.9 Å². The molecule has 0 aromatic carbocycles. The number of nitrogens with one attached hydrogen (secondary N) is 1. The fourth-order valence-electron chi connectivity index (χ4n) is 2.34. The van der Waals surface area contributed by atoms with Crippen LogP contribution in [0.25, 0.3) is 0 Å². The quantitative estimate of drug-likeness (QED) is 0.861. The Morgan fingerprint density at radius 1 is 1.45 bits per heavy atom. The standard InChI is InChI=1S/C14H21N3O3/c1-14(2,3)11-7-10(15-16-11)12(18)17-6-4-5-9(8-17)13(19)20/h7,9H,4-6,8H2,1-3H3,(H,15,16)(H,19,20). The number of nitrogens with zero attached hydrogens (tertiary/aromatic N) is 2. The van der Waals surface area contributed by atoms with E-state index in [1.165, 1.54) is 0 Å². The molecule has 0 radical (unpaired) electrons. The molecule has 1 atom stereocenters. The molecule has 0 aliphatic carbocycles. The second-order valence-electron chi connectivity index (χ2n) is 6.35. The van der Waals surface area contributed by atoms with Crippen LogP contribution in [0.4, 0.5) is 0 Å². The van der Waals surface area contributed by atoms with Crippen molar-refractivity contribution in [2.24, 2.45) is 5.92 Å². The molecule has 2 rings (SSSR count). The summed E-state index contributed by atoms with van der Waals surface area (Å²) >= 11 is 0. The highest BCUT2D eigenvalue weighted by Crippen LogP contribution is 2.22. The third-order valence-corrected chi connectivity index (χ3v) is 3.66. The van der Waals surface area contributed by atoms with Crippen LogP contribution in [0.5, 0.6) is 0 Å². The lowest BCUT2D eigenvalue weighted by atomic mass is 9.92. The summed E-state index contributed by atoms with van der Waals surface area (Å²) in [5, 5.41) is 16.0. The van der Waals surface area contributed by atoms with Gasteiger partial charge in [-0.25, -0.2) is 0 Å². The SMILES string of the molecule is CC(C)(C)c1cc(C(=O)N2CCCC(C(=O)O)C2)n[nH]1. The van der Waals surface area contributed by atoms with Crippen LogP contribution >= 0.6 is 0 Å². The maximum Gasteiger partial charge on any atom is 0.308 e. The molecule has 1 amide bonds. The van der Waals surface area contributed by atoms with Gasteiger partial charge in [0.1, 0.15) is 5.69 Å². The van der Waals surface area contributed by atoms with Crippen molar-refractivity contribution in [2.75, 3.05) is 13.1 Å². The zero-order valence-corrected chi connectivity index (χ0v) is 12.1. The Bertz CT molecular complexity index is 516. The third-order valence-electron chi connectivity index (χ3n) is 3.66. The van der Waals surface area contributed by atoms with E-state index in [2.05, 4.69) is 10.2 Å². The molecule has 0 saturated carbocycles. The number of carbonyl (C=O) groups is 2. The maximum atomic E-state index is 12.4. The first-order valence-corrected chi connectivity index (χ1v) is 6.87. The number of carbonyl (C=O) groups excluding carboxylic acids is 1. The fourth-order valence-corrected chi connectivity index (χ4v) is 2.34. The molecule has 1 aliphatic rings. The summed E-state index contributed by atoms with van der Waals surface area (Å²) in [7, 11) is 0. The molecule has 110 valence electrons. The molecule has 2 N–H and O–H groups in total. The summed E-state index contributed by atoms with van der Waals surface area (Å²) in [6, 6.07) is 1.76. The van der Waals surface area contributed by atoms with Gasteiger partial charge in [-0.3, -0.25) is 14.7 Å². The van der Waals surface area contributed by atoms with Crippen LogP contribution in [-0.2, 0) is 10.2 Å². The molecule has 1 unspecified atom stereocenters. The van der Waals surface area contributed by atoms with Gasteiger partial charge in [0.2, 0.25) is 0 Å². The van der Waals surface area contributed by atoms with E-state index in [9.17, 15) is 9.59 Å². The third kappa shape index (κ3) is 3.00. The summed E-state index contributed by atoms with van der Waals surface area (Å²) in [6.07, 6.45) is 1.35. The lowest BCUT2D eigenvalue weighted by molar-refractivity contribution is -0.143. The average Bonchev–Trinajstić information content (AvgIpc) is 2.87. The maximum absolute atomic E-state index is 12.4. The minimum Gasteiger partial charge on any atom is -0.481 e. The number of hydrogen-bond donors (Lipinski definition) is 2. The van der Waals surface area contributed by atoms with Gasteiger partial charge in [0.15, 0.2) is 0 Å². The van der Waals surface area contributed by atoms with E-state index in [4.69, 9.17) is 5.11 Å². The van der Waals surface area contributed by atoms with E-state index in [0.717, 1.165) is 12.1 Å². The number of H-pyrrole nitrogens is 1. The average molecular weight is 279 g/mol. The summed E-state index contributed by atoms with van der Waals surface area (Å²) in [6.45, 7) is 6.98. The molecule has 1 aromatic rings. The van der Waals surface area contributed by atoms with E-state index >= 15 is 0 Å². The predicted octanol–water partition coefficient (Wildman–Crippen LogP) is 1.64. The number of piperidine rings is 1. The Hall–Kier alpha value is -1.85. The van der Waals surface area contributed by atoms with Crippen molar-refractivity contribution in [2.45, 2.75) is 39.0 Å². The van der Waals surface area contributed by atoms with Crippen LogP contribution in [0.3, 0.4) is 0 Å². The summed E-state index contributed by atoms with van der Waals surface area (Å²) in [5.74, 6) is -1.49. The Morgan fingerprint density at radius 3 is 2.70 bits per heavy atom. The van der Waals surface area contributed by atoms with Gasteiger partial charge in [-0.2, -0.15) is 5.10 Å². The molecule has 1 aliphatic heterocycles. The van der Waals surface area contributed by atoms with Crippen LogP contribution < -0.4 is 0 Å². The van der Waals surface area contributed by atoms with Crippen molar-refractivity contribution in [3.8, 4) is 0 Å². The van der Waals surface area contributed by atoms with Crippen molar-refractivity contribution < 1.29 is 14.7 Å². The number of aromatic amines is 1. The molecule has 20 heavy (non-hydrogen) atoms. The minimum atomic E-state index is -0.833. The first-order chi connectivity index (χ1) is 9.29. The number of aromatic nitrogens is 2. The van der Waals surface area contributed by atoms with Gasteiger partial charge in [0.25, 0.3) is 5.91 Å². The van der Waals surface area contributed by atoms with Gasteiger partial charge in [0.05, 0.1) is 5.92 Å². The molecule has 1 fully saturated rings. The Balaban J connectivity index is 2.11. The smallest absolute Gasteiger partial charge is 0.308 e. The molecule has 1 saturated heterocycles. The second kappa shape index (κ2) is 5.26. The highest BCUT2D eigenvalue weighted by molar-refractivity contribution is 5.92. The van der Waals surface area contributed by atoms with E-state index in [1.54, 1.807) is 11.0 Å². The monoisotopic (exact) mass is 279 g/mol. The Labute approximate surface area is 118 Å². The van der Waals surface area contributed by atoms with E-state index in [0.29, 0.717) is 18.7 Å². The van der Waals surface area contributed by atoms with Gasteiger partial charge < -0.3 is 10.0 Å². The molecule has 6 heteroatoms. The zero-order valence-electron chi connectivity index (χ0n) is 12.1. The minimum absolute atomic E-state index is 0.100. The molecule has 6 nitrogen and oxygen atoms in total. The largest absolute Gasteiger partial charge is 0.481 e. The normalized spacial score (nSPS) is 19.9. The van der Waals surface area contributed by atoms with Gasteiger partial charge >= 0.3 is 5.97 Å². The van der Waals surface area contributed by atoms with Crippen LogP contribution in [0.1, 0.15) is 49.8 Å². The molecule has 1 aromatic heterocycles. The van der Waals surface area contributed by atoms with E-state index in [1.807, 2.05) is 20.8 Å². The molecular formula is C14H21N3O3. The van der Waals surface area contributed by atoms with Gasteiger partial charge in [0, 0.05) is 24.2 Å². The zero-order chi connectivity index (χ0) is 14.9. The predicted molar refractivity (Wildman–Crippen MR) is 73.6 cm³/mol. The molecule has 0 spiro atoms. The number of hydrogen-bond acceptors (Lipinski definition) is 3. The Morgan fingerprint density at radius 2 is 2.15 bits per heavy atom. The number of carboxylic acid groups (broad SMARTS) is 1. The molecular weight excluding hydrogens is 258 g/mol. The lowest BCUT2D eigenvalue weighted by Gasteiger charge is -2.30. The summed E-state index contributed by atoms with van der Waals surface area (Å²) < 4.78 is 0. The topological polar surface area (TPSA) is 86.3 Å². The number of likely N-dealkylation sites (tertiary alicyclic amines) is 1. The van der Waals surface area contributed by atoms with Crippen molar-refractivity contribution >= 4 is 11.9 Å². The van der Waals surface area contributed by atoms with Crippen LogP contribution in [-0.4, -0.2) is 45.2 Å². The van der Waals surface area contributed by atoms with Crippen molar-refractivity contribution in [1.82, 2.24) is 15.1 Å².